The Bertz CT molecular complexity index is 652. The zero-order valence-corrected chi connectivity index (χ0v) is 16.3. The number of carbonyl (C=O) groups excluding carboxylic acids is 4. The topological polar surface area (TPSA) is 121 Å². The van der Waals surface area contributed by atoms with E-state index in [2.05, 4.69) is 4.99 Å². The molecule has 0 radical (unpaired) electrons. The number of rotatable bonds is 4. The van der Waals surface area contributed by atoms with E-state index in [9.17, 15) is 19.2 Å². The summed E-state index contributed by atoms with van der Waals surface area (Å²) in [6.45, 7) is 3.85. The van der Waals surface area contributed by atoms with Crippen LogP contribution in [0.25, 0.3) is 0 Å². The second kappa shape index (κ2) is 9.18. The van der Waals surface area contributed by atoms with E-state index >= 15 is 0 Å². The largest absolute Gasteiger partial charge is 0.456 e. The molecule has 0 bridgehead atoms. The zero-order chi connectivity index (χ0) is 20.1. The van der Waals surface area contributed by atoms with Crippen LogP contribution in [0, 0.1) is 0 Å². The molecule has 2 aliphatic heterocycles. The lowest BCUT2D eigenvalue weighted by molar-refractivity contribution is -0.242. The van der Waals surface area contributed by atoms with Gasteiger partial charge in [0.1, 0.15) is 0 Å². The molecule has 0 aromatic heterocycles. The highest BCUT2D eigenvalue weighted by Crippen LogP contribution is 2.29. The summed E-state index contributed by atoms with van der Waals surface area (Å²) in [7, 11) is 0. The van der Waals surface area contributed by atoms with E-state index in [1.54, 1.807) is 11.2 Å². The molecule has 10 nitrogen and oxygen atoms in total. The number of thioether (sulfide) groups is 1. The van der Waals surface area contributed by atoms with Crippen LogP contribution in [0.5, 0.6) is 0 Å². The quantitative estimate of drug-likeness (QED) is 0.472. The van der Waals surface area contributed by atoms with Crippen LogP contribution in [-0.2, 0) is 38.1 Å². The van der Waals surface area contributed by atoms with Crippen molar-refractivity contribution < 1.29 is 38.1 Å². The fourth-order valence-corrected chi connectivity index (χ4v) is 3.55. The van der Waals surface area contributed by atoms with Gasteiger partial charge in [0.15, 0.2) is 29.7 Å². The summed E-state index contributed by atoms with van der Waals surface area (Å²) in [5, 5.41) is 0.404. The van der Waals surface area contributed by atoms with Crippen molar-refractivity contribution in [2.24, 2.45) is 4.99 Å². The van der Waals surface area contributed by atoms with Gasteiger partial charge in [-0.3, -0.25) is 19.2 Å². The lowest BCUT2D eigenvalue weighted by atomic mass is 10.0. The Morgan fingerprint density at radius 3 is 2.22 bits per heavy atom. The van der Waals surface area contributed by atoms with Crippen molar-refractivity contribution in [1.29, 1.82) is 0 Å². The van der Waals surface area contributed by atoms with Crippen LogP contribution in [0.3, 0.4) is 0 Å². The number of amidine groups is 1. The first-order valence-corrected chi connectivity index (χ1v) is 9.50. The molecular formula is C16H22N2O8S. The second-order valence-corrected chi connectivity index (χ2v) is 6.73. The smallest absolute Gasteiger partial charge is 0.303 e. The minimum Gasteiger partial charge on any atom is -0.456 e. The monoisotopic (exact) mass is 402 g/mol. The Morgan fingerprint density at radius 1 is 1.07 bits per heavy atom. The summed E-state index contributed by atoms with van der Waals surface area (Å²) >= 11 is 1.24. The molecular weight excluding hydrogens is 380 g/mol. The van der Waals surface area contributed by atoms with Gasteiger partial charge in [-0.1, -0.05) is 11.8 Å². The van der Waals surface area contributed by atoms with Crippen molar-refractivity contribution in [2.75, 3.05) is 19.4 Å². The first-order valence-electron chi connectivity index (χ1n) is 8.28. The van der Waals surface area contributed by atoms with E-state index in [0.717, 1.165) is 0 Å². The average molecular weight is 402 g/mol. The molecule has 0 saturated carbocycles. The highest BCUT2D eigenvalue weighted by Gasteiger charge is 2.50. The fourth-order valence-electron chi connectivity index (χ4n) is 2.93. The number of amides is 1. The van der Waals surface area contributed by atoms with Gasteiger partial charge in [0.2, 0.25) is 5.91 Å². The fraction of sp³-hybridized carbons (Fsp3) is 0.688. The maximum atomic E-state index is 11.7. The molecule has 2 rings (SSSR count). The Morgan fingerprint density at radius 2 is 1.67 bits per heavy atom. The van der Waals surface area contributed by atoms with Crippen LogP contribution in [0.4, 0.5) is 0 Å². The van der Waals surface area contributed by atoms with Gasteiger partial charge in [0.25, 0.3) is 0 Å². The minimum absolute atomic E-state index is 0.0773. The van der Waals surface area contributed by atoms with Crippen molar-refractivity contribution >= 4 is 40.7 Å². The van der Waals surface area contributed by atoms with Crippen molar-refractivity contribution in [2.45, 2.75) is 51.7 Å². The number of aliphatic imine (C=N–C) groups is 1. The Balaban J connectivity index is 2.37. The van der Waals surface area contributed by atoms with E-state index in [4.69, 9.17) is 18.9 Å². The molecule has 27 heavy (non-hydrogen) atoms. The third kappa shape index (κ3) is 5.42. The Labute approximate surface area is 160 Å². The zero-order valence-electron chi connectivity index (χ0n) is 15.5. The number of hydrogen-bond donors (Lipinski definition) is 0. The molecule has 0 spiro atoms. The highest BCUT2D eigenvalue weighted by molar-refractivity contribution is 8.13. The molecule has 1 amide bonds. The molecule has 1 fully saturated rings. The van der Waals surface area contributed by atoms with Gasteiger partial charge in [-0.2, -0.15) is 4.99 Å². The highest BCUT2D eigenvalue weighted by atomic mass is 32.2. The van der Waals surface area contributed by atoms with Crippen LogP contribution in [0.15, 0.2) is 4.99 Å². The third-order valence-corrected chi connectivity index (χ3v) is 4.54. The molecule has 0 aliphatic carbocycles. The maximum Gasteiger partial charge on any atom is 0.303 e. The predicted octanol–water partition coefficient (Wildman–Crippen LogP) is 0.0891. The standard InChI is InChI=1S/C16H22N2O8S/c1-8(19)24-11-7-23-15(18-6-5-12(22)17-16(18)27-4)14(26-10(3)21)13(11)25-9(2)20/h11,13-15H,5-7H2,1-4H3. The van der Waals surface area contributed by atoms with Gasteiger partial charge < -0.3 is 23.8 Å². The average Bonchev–Trinajstić information content (AvgIpc) is 2.57. The Kier molecular flexibility index (Phi) is 7.19. The van der Waals surface area contributed by atoms with Gasteiger partial charge in [0.05, 0.1) is 6.61 Å². The van der Waals surface area contributed by atoms with Gasteiger partial charge in [-0.25, -0.2) is 0 Å². The summed E-state index contributed by atoms with van der Waals surface area (Å²) in [6.07, 6.45) is -2.01. The number of ether oxygens (including phenoxy) is 4. The number of esters is 3. The van der Waals surface area contributed by atoms with Crippen LogP contribution in [0.2, 0.25) is 0 Å². The van der Waals surface area contributed by atoms with Crippen molar-refractivity contribution in [3.8, 4) is 0 Å². The first-order chi connectivity index (χ1) is 12.7. The van der Waals surface area contributed by atoms with E-state index in [-0.39, 0.29) is 18.9 Å². The first kappa shape index (κ1) is 21.2. The molecule has 4 unspecified atom stereocenters. The van der Waals surface area contributed by atoms with E-state index in [1.807, 2.05) is 0 Å². The lowest BCUT2D eigenvalue weighted by Crippen LogP contribution is -2.63. The predicted molar refractivity (Wildman–Crippen MR) is 93.7 cm³/mol. The maximum absolute atomic E-state index is 11.7. The van der Waals surface area contributed by atoms with Crippen LogP contribution >= 0.6 is 11.8 Å². The summed E-state index contributed by atoms with van der Waals surface area (Å²) in [4.78, 5) is 51.9. The summed E-state index contributed by atoms with van der Waals surface area (Å²) in [6, 6.07) is 0. The van der Waals surface area contributed by atoms with Crippen molar-refractivity contribution in [1.82, 2.24) is 4.90 Å². The molecule has 2 aliphatic rings. The van der Waals surface area contributed by atoms with Gasteiger partial charge >= 0.3 is 17.9 Å². The van der Waals surface area contributed by atoms with Crippen molar-refractivity contribution in [3.05, 3.63) is 0 Å². The SMILES string of the molecule is CSC1=NC(=O)CCN1C1OCC(OC(C)=O)C(OC(C)=O)C1OC(C)=O. The molecule has 0 aromatic carbocycles. The van der Waals surface area contributed by atoms with E-state index < -0.39 is 42.4 Å². The molecule has 0 aromatic rings. The molecule has 4 atom stereocenters. The molecule has 1 saturated heterocycles. The summed E-state index contributed by atoms with van der Waals surface area (Å²) in [5.41, 5.74) is 0. The van der Waals surface area contributed by atoms with Gasteiger partial charge in [-0.05, 0) is 6.26 Å². The summed E-state index contributed by atoms with van der Waals surface area (Å²) in [5.74, 6) is -2.09. The number of hydrogen-bond acceptors (Lipinski definition) is 10. The van der Waals surface area contributed by atoms with E-state index in [1.165, 1.54) is 32.5 Å². The number of carbonyl (C=O) groups is 4. The van der Waals surface area contributed by atoms with E-state index in [0.29, 0.717) is 11.7 Å². The molecule has 150 valence electrons. The molecule has 11 heteroatoms. The van der Waals surface area contributed by atoms with Crippen LogP contribution in [-0.4, -0.2) is 77.8 Å². The second-order valence-electron chi connectivity index (χ2n) is 5.96. The Hall–Kier alpha value is -2.14. The molecule has 2 heterocycles. The lowest BCUT2D eigenvalue weighted by Gasteiger charge is -2.45. The van der Waals surface area contributed by atoms with Crippen LogP contribution in [0.1, 0.15) is 27.2 Å². The van der Waals surface area contributed by atoms with Crippen LogP contribution < -0.4 is 0 Å². The van der Waals surface area contributed by atoms with Crippen molar-refractivity contribution in [3.63, 3.8) is 0 Å². The summed E-state index contributed by atoms with van der Waals surface area (Å²) < 4.78 is 21.7. The van der Waals surface area contributed by atoms with Gasteiger partial charge in [0, 0.05) is 33.7 Å². The minimum atomic E-state index is -1.07. The molecule has 0 N–H and O–H groups in total. The number of nitrogens with zero attached hydrogens (tertiary/aromatic N) is 2. The normalized spacial score (nSPS) is 28.2. The third-order valence-electron chi connectivity index (χ3n) is 3.85. The van der Waals surface area contributed by atoms with Gasteiger partial charge in [-0.15, -0.1) is 0 Å².